The number of esters is 1. The maximum Gasteiger partial charge on any atom is 0.338 e. The first-order valence-electron chi connectivity index (χ1n) is 4.79. The Morgan fingerprint density at radius 2 is 2.33 bits per heavy atom. The highest BCUT2D eigenvalue weighted by Crippen LogP contribution is 2.34. The van der Waals surface area contributed by atoms with Crippen molar-refractivity contribution >= 4 is 17.6 Å². The van der Waals surface area contributed by atoms with E-state index in [4.69, 9.17) is 22.1 Å². The molecule has 0 heterocycles. The zero-order valence-electron chi connectivity index (χ0n) is 8.42. The lowest BCUT2D eigenvalue weighted by atomic mass is 10.0. The quantitative estimate of drug-likeness (QED) is 0.745. The number of halogens is 1. The van der Waals surface area contributed by atoms with Gasteiger partial charge in [0.1, 0.15) is 0 Å². The first-order valence-corrected chi connectivity index (χ1v) is 5.17. The monoisotopic (exact) mass is 225 g/mol. The molecule has 1 atom stereocenters. The summed E-state index contributed by atoms with van der Waals surface area (Å²) in [6.07, 6.45) is 1.68. The van der Waals surface area contributed by atoms with Gasteiger partial charge in [0.25, 0.3) is 0 Å². The molecule has 2 N–H and O–H groups in total. The zero-order chi connectivity index (χ0) is 11.0. The number of carbonyl (C=O) groups excluding carboxylic acids is 1. The second-order valence-electron chi connectivity index (χ2n) is 3.66. The summed E-state index contributed by atoms with van der Waals surface area (Å²) < 4.78 is 4.71. The van der Waals surface area contributed by atoms with E-state index in [2.05, 4.69) is 0 Å². The Morgan fingerprint density at radius 1 is 1.60 bits per heavy atom. The van der Waals surface area contributed by atoms with Crippen molar-refractivity contribution in [3.8, 4) is 0 Å². The molecular formula is C11H12ClNO2. The van der Waals surface area contributed by atoms with E-state index < -0.39 is 0 Å². The molecule has 0 aliphatic heterocycles. The number of ether oxygens (including phenoxy) is 1. The van der Waals surface area contributed by atoms with E-state index in [-0.39, 0.29) is 12.0 Å². The summed E-state index contributed by atoms with van der Waals surface area (Å²) in [6.45, 7) is 0. The minimum Gasteiger partial charge on any atom is -0.465 e. The molecule has 80 valence electrons. The summed E-state index contributed by atoms with van der Waals surface area (Å²) in [7, 11) is 1.37. The zero-order valence-corrected chi connectivity index (χ0v) is 9.17. The molecule has 3 nitrogen and oxygen atoms in total. The van der Waals surface area contributed by atoms with Gasteiger partial charge in [0, 0.05) is 11.1 Å². The fourth-order valence-corrected chi connectivity index (χ4v) is 2.24. The highest BCUT2D eigenvalue weighted by atomic mass is 35.5. The van der Waals surface area contributed by atoms with Gasteiger partial charge in [-0.25, -0.2) is 4.79 Å². The number of nitrogens with two attached hydrogens (primary N) is 1. The lowest BCUT2D eigenvalue weighted by Crippen LogP contribution is -2.08. The van der Waals surface area contributed by atoms with Gasteiger partial charge in [-0.05, 0) is 36.1 Å². The minimum atomic E-state index is -0.345. The Kier molecular flexibility index (Phi) is 2.67. The molecule has 0 aromatic heterocycles. The van der Waals surface area contributed by atoms with Crippen molar-refractivity contribution in [3.63, 3.8) is 0 Å². The maximum atomic E-state index is 11.5. The highest BCUT2D eigenvalue weighted by Gasteiger charge is 2.25. The lowest BCUT2D eigenvalue weighted by molar-refractivity contribution is 0.0599. The Hall–Kier alpha value is -1.06. The predicted octanol–water partition coefficient (Wildman–Crippen LogP) is 2.07. The predicted molar refractivity (Wildman–Crippen MR) is 58.0 cm³/mol. The Bertz CT molecular complexity index is 417. The molecule has 4 heteroatoms. The summed E-state index contributed by atoms with van der Waals surface area (Å²) in [5.41, 5.74) is 8.42. The molecule has 0 spiro atoms. The molecular weight excluding hydrogens is 214 g/mol. The first kappa shape index (κ1) is 10.5. The van der Waals surface area contributed by atoms with Crippen molar-refractivity contribution in [1.29, 1.82) is 0 Å². The van der Waals surface area contributed by atoms with E-state index in [1.807, 2.05) is 6.07 Å². The minimum absolute atomic E-state index is 0.0119. The van der Waals surface area contributed by atoms with Crippen LogP contribution in [-0.4, -0.2) is 13.1 Å². The fraction of sp³-hybridized carbons (Fsp3) is 0.364. The summed E-state index contributed by atoms with van der Waals surface area (Å²) in [5, 5.41) is 0.534. The van der Waals surface area contributed by atoms with Gasteiger partial charge in [0.2, 0.25) is 0 Å². The molecule has 0 saturated carbocycles. The van der Waals surface area contributed by atoms with Crippen LogP contribution in [0.3, 0.4) is 0 Å². The second-order valence-corrected chi connectivity index (χ2v) is 4.09. The third kappa shape index (κ3) is 1.73. The molecule has 1 aliphatic rings. The van der Waals surface area contributed by atoms with Gasteiger partial charge in [-0.15, -0.1) is 0 Å². The van der Waals surface area contributed by atoms with Crippen LogP contribution in [0.25, 0.3) is 0 Å². The molecule has 2 rings (SSSR count). The van der Waals surface area contributed by atoms with Gasteiger partial charge in [0.05, 0.1) is 12.7 Å². The van der Waals surface area contributed by atoms with Crippen molar-refractivity contribution in [1.82, 2.24) is 0 Å². The third-order valence-electron chi connectivity index (χ3n) is 2.76. The van der Waals surface area contributed by atoms with Crippen LogP contribution in [-0.2, 0) is 11.2 Å². The van der Waals surface area contributed by atoms with Crippen LogP contribution in [0.5, 0.6) is 0 Å². The number of carbonyl (C=O) groups is 1. The van der Waals surface area contributed by atoms with Crippen molar-refractivity contribution in [3.05, 3.63) is 33.8 Å². The number of hydrogen-bond donors (Lipinski definition) is 1. The molecule has 1 aromatic carbocycles. The van der Waals surface area contributed by atoms with Crippen LogP contribution in [0.4, 0.5) is 0 Å². The SMILES string of the molecule is COC(=O)c1cc(Cl)cc2c1CCC2N. The van der Waals surface area contributed by atoms with E-state index in [1.54, 1.807) is 6.07 Å². The number of hydrogen-bond acceptors (Lipinski definition) is 3. The molecule has 15 heavy (non-hydrogen) atoms. The first-order chi connectivity index (χ1) is 7.13. The van der Waals surface area contributed by atoms with Gasteiger partial charge < -0.3 is 10.5 Å². The summed E-state index contributed by atoms with van der Waals surface area (Å²) >= 11 is 5.93. The van der Waals surface area contributed by atoms with Crippen LogP contribution in [0.2, 0.25) is 5.02 Å². The van der Waals surface area contributed by atoms with Gasteiger partial charge in [-0.2, -0.15) is 0 Å². The van der Waals surface area contributed by atoms with Crippen LogP contribution < -0.4 is 5.73 Å². The Balaban J connectivity index is 2.56. The number of rotatable bonds is 1. The molecule has 1 aromatic rings. The standard InChI is InChI=1S/C11H12ClNO2/c1-15-11(14)9-5-6(12)4-8-7(9)2-3-10(8)13/h4-5,10H,2-3,13H2,1H3. The Morgan fingerprint density at radius 3 is 3.00 bits per heavy atom. The van der Waals surface area contributed by atoms with Crippen LogP contribution >= 0.6 is 11.6 Å². The van der Waals surface area contributed by atoms with E-state index in [1.165, 1.54) is 7.11 Å². The average Bonchev–Trinajstić information content (AvgIpc) is 2.58. The molecule has 1 aliphatic carbocycles. The van der Waals surface area contributed by atoms with Crippen LogP contribution in [0.15, 0.2) is 12.1 Å². The van der Waals surface area contributed by atoms with Gasteiger partial charge in [-0.3, -0.25) is 0 Å². The van der Waals surface area contributed by atoms with Crippen molar-refractivity contribution in [2.45, 2.75) is 18.9 Å². The van der Waals surface area contributed by atoms with Gasteiger partial charge >= 0.3 is 5.97 Å². The average molecular weight is 226 g/mol. The smallest absolute Gasteiger partial charge is 0.338 e. The molecule has 0 saturated heterocycles. The maximum absolute atomic E-state index is 11.5. The van der Waals surface area contributed by atoms with Crippen LogP contribution in [0.1, 0.15) is 33.9 Å². The number of methoxy groups -OCH3 is 1. The lowest BCUT2D eigenvalue weighted by Gasteiger charge is -2.09. The van der Waals surface area contributed by atoms with Crippen molar-refractivity contribution in [2.75, 3.05) is 7.11 Å². The molecule has 0 radical (unpaired) electrons. The van der Waals surface area contributed by atoms with Crippen molar-refractivity contribution < 1.29 is 9.53 Å². The second kappa shape index (κ2) is 3.83. The third-order valence-corrected chi connectivity index (χ3v) is 2.98. The summed E-state index contributed by atoms with van der Waals surface area (Å²) in [5.74, 6) is -0.345. The molecule has 1 unspecified atom stereocenters. The van der Waals surface area contributed by atoms with Crippen LogP contribution in [0, 0.1) is 0 Å². The van der Waals surface area contributed by atoms with E-state index in [0.717, 1.165) is 24.0 Å². The van der Waals surface area contributed by atoms with E-state index in [9.17, 15) is 4.79 Å². The van der Waals surface area contributed by atoms with Gasteiger partial charge in [0.15, 0.2) is 0 Å². The summed E-state index contributed by atoms with van der Waals surface area (Å²) in [4.78, 5) is 11.5. The molecule has 0 bridgehead atoms. The Labute approximate surface area is 93.2 Å². The number of fused-ring (bicyclic) bond motifs is 1. The van der Waals surface area contributed by atoms with E-state index >= 15 is 0 Å². The molecule has 0 fully saturated rings. The van der Waals surface area contributed by atoms with E-state index in [0.29, 0.717) is 10.6 Å². The topological polar surface area (TPSA) is 52.3 Å². The molecule has 0 amide bonds. The van der Waals surface area contributed by atoms with Crippen molar-refractivity contribution in [2.24, 2.45) is 5.73 Å². The largest absolute Gasteiger partial charge is 0.465 e. The normalized spacial score (nSPS) is 18.7. The fourth-order valence-electron chi connectivity index (χ4n) is 2.02. The number of benzene rings is 1. The summed E-state index contributed by atoms with van der Waals surface area (Å²) in [6, 6.07) is 3.47. The highest BCUT2D eigenvalue weighted by molar-refractivity contribution is 6.31. The van der Waals surface area contributed by atoms with Gasteiger partial charge in [-0.1, -0.05) is 11.6 Å².